The van der Waals surface area contributed by atoms with Gasteiger partial charge in [0, 0.05) is 17.6 Å². The molecule has 0 radical (unpaired) electrons. The van der Waals surface area contributed by atoms with Gasteiger partial charge in [0.1, 0.15) is 10.7 Å². The number of sulfonamides is 1. The van der Waals surface area contributed by atoms with Crippen molar-refractivity contribution in [2.24, 2.45) is 0 Å². The molecule has 0 aliphatic carbocycles. The first-order chi connectivity index (χ1) is 17.3. The molecule has 0 spiro atoms. The van der Waals surface area contributed by atoms with E-state index < -0.39 is 32.4 Å². The number of hydrogen-bond donors (Lipinski definition) is 2. The number of benzene rings is 2. The Balaban J connectivity index is 1.38. The number of fused-ring (bicyclic) bond motifs is 1. The van der Waals surface area contributed by atoms with Gasteiger partial charge in [-0.3, -0.25) is 13.9 Å². The van der Waals surface area contributed by atoms with Gasteiger partial charge in [0.25, 0.3) is 15.9 Å². The lowest BCUT2D eigenvalue weighted by atomic mass is 10.2. The molecule has 2 aromatic carbocycles. The molecule has 0 atom stereocenters. The first-order valence-corrected chi connectivity index (χ1v) is 13.0. The predicted octanol–water partition coefficient (Wildman–Crippen LogP) is 5.22. The number of allylic oxidation sites excluding steroid dienone is 1. The Morgan fingerprint density at radius 1 is 1.06 bits per heavy atom. The second kappa shape index (κ2) is 9.44. The Labute approximate surface area is 209 Å². The predicted molar refractivity (Wildman–Crippen MR) is 135 cm³/mol. The van der Waals surface area contributed by atoms with Crippen molar-refractivity contribution in [1.82, 2.24) is 0 Å². The van der Waals surface area contributed by atoms with Crippen LogP contribution < -0.4 is 14.9 Å². The van der Waals surface area contributed by atoms with Crippen molar-refractivity contribution in [3.8, 4) is 0 Å². The van der Waals surface area contributed by atoms with Gasteiger partial charge in [0.15, 0.2) is 10.7 Å². The third-order valence-electron chi connectivity index (χ3n) is 5.38. The molecule has 0 saturated heterocycles. The molecule has 0 fully saturated rings. The number of nitrogens with zero attached hydrogens (tertiary/aromatic N) is 1. The zero-order valence-electron chi connectivity index (χ0n) is 18.5. The second-order valence-electron chi connectivity index (χ2n) is 7.77. The van der Waals surface area contributed by atoms with E-state index in [1.807, 2.05) is 0 Å². The summed E-state index contributed by atoms with van der Waals surface area (Å²) in [5.41, 5.74) is 1.71. The van der Waals surface area contributed by atoms with E-state index in [1.165, 1.54) is 30.5 Å². The van der Waals surface area contributed by atoms with Crippen molar-refractivity contribution < 1.29 is 26.8 Å². The maximum atomic E-state index is 13.7. The van der Waals surface area contributed by atoms with Crippen LogP contribution >= 0.6 is 11.3 Å². The molecular formula is C25H18FN3O5S2. The lowest BCUT2D eigenvalue weighted by Crippen LogP contribution is -2.38. The standard InChI is InChI=1S/C25H18FN3O5S2/c26-17-4-1-3-16(13-17)15-29-20-10-12-35-24(20)23(30)22(36(29,32)33)14-27-18-6-8-19(9-7-18)28-25(31)21-5-2-11-34-21/h1-14,27H,15H2,(H,28,31)/b22-14-. The maximum Gasteiger partial charge on any atom is 0.291 e. The molecule has 8 nitrogen and oxygen atoms in total. The van der Waals surface area contributed by atoms with E-state index in [9.17, 15) is 22.4 Å². The molecule has 0 unspecified atom stereocenters. The highest BCUT2D eigenvalue weighted by atomic mass is 32.2. The van der Waals surface area contributed by atoms with Gasteiger partial charge in [-0.1, -0.05) is 12.1 Å². The first-order valence-electron chi connectivity index (χ1n) is 10.6. The number of halogens is 1. The average Bonchev–Trinajstić information content (AvgIpc) is 3.55. The lowest BCUT2D eigenvalue weighted by molar-refractivity contribution is 0.0995. The zero-order chi connectivity index (χ0) is 25.3. The van der Waals surface area contributed by atoms with E-state index in [4.69, 9.17) is 4.42 Å². The Morgan fingerprint density at radius 3 is 2.56 bits per heavy atom. The zero-order valence-corrected chi connectivity index (χ0v) is 20.1. The Hall–Kier alpha value is -4.22. The van der Waals surface area contributed by atoms with Gasteiger partial charge in [-0.15, -0.1) is 11.3 Å². The maximum absolute atomic E-state index is 13.7. The number of ketones is 1. The SMILES string of the molecule is O=C(Nc1ccc(N/C=C2/C(=O)c3sccc3N(Cc3cccc(F)c3)S2(=O)=O)cc1)c1ccco1. The Morgan fingerprint density at radius 2 is 1.83 bits per heavy atom. The van der Waals surface area contributed by atoms with E-state index in [0.29, 0.717) is 16.9 Å². The molecule has 2 aromatic heterocycles. The van der Waals surface area contributed by atoms with E-state index in [-0.39, 0.29) is 22.9 Å². The van der Waals surface area contributed by atoms with Gasteiger partial charge in [0.05, 0.1) is 18.5 Å². The smallest absolute Gasteiger partial charge is 0.291 e. The van der Waals surface area contributed by atoms with Crippen LogP contribution in [0.5, 0.6) is 0 Å². The van der Waals surface area contributed by atoms with Gasteiger partial charge in [-0.2, -0.15) is 0 Å². The average molecular weight is 524 g/mol. The second-order valence-corrected chi connectivity index (χ2v) is 10.5. The summed E-state index contributed by atoms with van der Waals surface area (Å²) in [6.07, 6.45) is 2.55. The van der Waals surface area contributed by atoms with Crippen molar-refractivity contribution in [2.45, 2.75) is 6.54 Å². The van der Waals surface area contributed by atoms with E-state index in [0.717, 1.165) is 21.8 Å². The minimum Gasteiger partial charge on any atom is -0.459 e. The molecule has 11 heteroatoms. The Kier molecular flexibility index (Phi) is 6.17. The fraction of sp³-hybridized carbons (Fsp3) is 0.0400. The van der Waals surface area contributed by atoms with Crippen molar-refractivity contribution in [3.05, 3.63) is 111 Å². The van der Waals surface area contributed by atoms with Crippen molar-refractivity contribution in [1.29, 1.82) is 0 Å². The fourth-order valence-corrected chi connectivity index (χ4v) is 6.14. The molecule has 3 heterocycles. The van der Waals surface area contributed by atoms with E-state index in [2.05, 4.69) is 10.6 Å². The molecule has 0 saturated carbocycles. The molecule has 182 valence electrons. The summed E-state index contributed by atoms with van der Waals surface area (Å²) in [5, 5.41) is 7.17. The summed E-state index contributed by atoms with van der Waals surface area (Å²) in [7, 11) is -4.23. The van der Waals surface area contributed by atoms with Crippen molar-refractivity contribution in [3.63, 3.8) is 0 Å². The third kappa shape index (κ3) is 4.53. The van der Waals surface area contributed by atoms with Crippen LogP contribution in [0, 0.1) is 5.82 Å². The minimum atomic E-state index is -4.23. The fourth-order valence-electron chi connectivity index (χ4n) is 3.66. The third-order valence-corrected chi connectivity index (χ3v) is 8.05. The largest absolute Gasteiger partial charge is 0.459 e. The number of carbonyl (C=O) groups is 2. The lowest BCUT2D eigenvalue weighted by Gasteiger charge is -2.29. The molecule has 5 rings (SSSR count). The van der Waals surface area contributed by atoms with E-state index in [1.54, 1.807) is 47.8 Å². The number of carbonyl (C=O) groups excluding carboxylic acids is 2. The van der Waals surface area contributed by atoms with Gasteiger partial charge in [-0.05, 0) is 65.5 Å². The van der Waals surface area contributed by atoms with Gasteiger partial charge >= 0.3 is 0 Å². The number of amides is 1. The minimum absolute atomic E-state index is 0.126. The van der Waals surface area contributed by atoms with E-state index >= 15 is 0 Å². The monoisotopic (exact) mass is 523 g/mol. The molecule has 1 aliphatic heterocycles. The van der Waals surface area contributed by atoms with Crippen LogP contribution in [-0.2, 0) is 16.6 Å². The molecular weight excluding hydrogens is 505 g/mol. The number of rotatable bonds is 6. The highest BCUT2D eigenvalue weighted by molar-refractivity contribution is 7.97. The number of nitrogens with one attached hydrogen (secondary N) is 2. The molecule has 1 amide bonds. The summed E-state index contributed by atoms with van der Waals surface area (Å²) in [6, 6.07) is 16.8. The summed E-state index contributed by atoms with van der Waals surface area (Å²) in [5.74, 6) is -1.35. The van der Waals surface area contributed by atoms with Crippen molar-refractivity contribution in [2.75, 3.05) is 14.9 Å². The van der Waals surface area contributed by atoms with Gasteiger partial charge in [0.2, 0.25) is 5.78 Å². The number of thiophene rings is 1. The Bertz CT molecular complexity index is 1580. The molecule has 4 aromatic rings. The molecule has 1 aliphatic rings. The molecule has 0 bridgehead atoms. The van der Waals surface area contributed by atoms with Crippen LogP contribution in [0.15, 0.2) is 93.9 Å². The number of furan rings is 1. The summed E-state index contributed by atoms with van der Waals surface area (Å²) >= 11 is 1.14. The molecule has 36 heavy (non-hydrogen) atoms. The van der Waals surface area contributed by atoms with Crippen LogP contribution in [0.3, 0.4) is 0 Å². The van der Waals surface area contributed by atoms with Crippen LogP contribution in [-0.4, -0.2) is 20.1 Å². The molecule has 2 N–H and O–H groups in total. The van der Waals surface area contributed by atoms with Crippen LogP contribution in [0.2, 0.25) is 0 Å². The van der Waals surface area contributed by atoms with Crippen LogP contribution in [0.25, 0.3) is 0 Å². The number of hydrogen-bond acceptors (Lipinski definition) is 7. The highest BCUT2D eigenvalue weighted by Crippen LogP contribution is 2.39. The van der Waals surface area contributed by atoms with Crippen LogP contribution in [0.4, 0.5) is 21.5 Å². The number of Topliss-reactive ketones (excluding diaryl/α,β-unsaturated/α-hetero) is 1. The summed E-state index contributed by atoms with van der Waals surface area (Å²) in [4.78, 5) is 25.0. The van der Waals surface area contributed by atoms with Crippen LogP contribution in [0.1, 0.15) is 25.8 Å². The highest BCUT2D eigenvalue weighted by Gasteiger charge is 2.41. The first kappa shape index (κ1) is 23.5. The number of anilines is 3. The summed E-state index contributed by atoms with van der Waals surface area (Å²) in [6.45, 7) is -0.126. The normalized spacial score (nSPS) is 15.5. The van der Waals surface area contributed by atoms with Gasteiger partial charge < -0.3 is 15.1 Å². The summed E-state index contributed by atoms with van der Waals surface area (Å²) < 4.78 is 46.7. The quantitative estimate of drug-likeness (QED) is 0.336. The van der Waals surface area contributed by atoms with Gasteiger partial charge in [-0.25, -0.2) is 12.8 Å². The topological polar surface area (TPSA) is 109 Å². The van der Waals surface area contributed by atoms with Crippen molar-refractivity contribution >= 4 is 50.1 Å².